The van der Waals surface area contributed by atoms with Gasteiger partial charge in [-0.15, -0.1) is 0 Å². The van der Waals surface area contributed by atoms with Crippen LogP contribution in [-0.4, -0.2) is 23.1 Å². The van der Waals surface area contributed by atoms with Crippen molar-refractivity contribution in [1.82, 2.24) is 0 Å². The van der Waals surface area contributed by atoms with Crippen LogP contribution in [0.1, 0.15) is 52.4 Å². The summed E-state index contributed by atoms with van der Waals surface area (Å²) in [6.45, 7) is 6.62. The highest BCUT2D eigenvalue weighted by atomic mass is 16.5. The molecule has 27 heavy (non-hydrogen) atoms. The number of aliphatic carboxylic acids is 1. The Morgan fingerprint density at radius 2 is 1.37 bits per heavy atom. The number of esters is 1. The zero-order valence-electron chi connectivity index (χ0n) is 16.5. The van der Waals surface area contributed by atoms with Crippen LogP contribution in [0.5, 0.6) is 0 Å². The monoisotopic (exact) mass is 372 g/mol. The van der Waals surface area contributed by atoms with Crippen molar-refractivity contribution in [2.45, 2.75) is 58.5 Å². The minimum atomic E-state index is -0.833. The van der Waals surface area contributed by atoms with Crippen LogP contribution in [0.2, 0.25) is 0 Å². The summed E-state index contributed by atoms with van der Waals surface area (Å²) in [6, 6.07) is 0. The van der Waals surface area contributed by atoms with Crippen molar-refractivity contribution in [3.8, 4) is 0 Å². The van der Waals surface area contributed by atoms with Gasteiger partial charge in [0.2, 0.25) is 0 Å². The van der Waals surface area contributed by atoms with Crippen LogP contribution in [0.15, 0.2) is 12.2 Å². The number of carboxylic acid groups (broad SMARTS) is 1. The summed E-state index contributed by atoms with van der Waals surface area (Å²) in [7, 11) is 0. The van der Waals surface area contributed by atoms with Crippen molar-refractivity contribution in [2.75, 3.05) is 0 Å². The zero-order chi connectivity index (χ0) is 19.0. The van der Waals surface area contributed by atoms with E-state index < -0.39 is 5.97 Å². The van der Waals surface area contributed by atoms with Crippen molar-refractivity contribution in [3.05, 3.63) is 12.2 Å². The van der Waals surface area contributed by atoms with Gasteiger partial charge in [-0.1, -0.05) is 6.58 Å². The third-order valence-electron chi connectivity index (χ3n) is 9.25. The SMILES string of the molecule is C=C(C)C(=O)OC1CC2CC1C1C3CC(C4C5CCC(C5)C34)C21.CC(=O)O. The number of carbonyl (C=O) groups is 2. The second-order valence-electron chi connectivity index (χ2n) is 10.3. The molecule has 6 aliphatic carbocycles. The second kappa shape index (κ2) is 6.09. The molecular weight excluding hydrogens is 340 g/mol. The summed E-state index contributed by atoms with van der Waals surface area (Å²) >= 11 is 0. The van der Waals surface area contributed by atoms with E-state index in [1.807, 2.05) is 0 Å². The Balaban J connectivity index is 0.000000368. The first kappa shape index (κ1) is 17.8. The maximum absolute atomic E-state index is 12.0. The first-order valence-corrected chi connectivity index (χ1v) is 10.9. The molecule has 0 amide bonds. The van der Waals surface area contributed by atoms with Gasteiger partial charge in [0.25, 0.3) is 5.97 Å². The van der Waals surface area contributed by atoms with Gasteiger partial charge in [0.1, 0.15) is 6.10 Å². The third kappa shape index (κ3) is 2.47. The van der Waals surface area contributed by atoms with Crippen LogP contribution in [0.3, 0.4) is 0 Å². The van der Waals surface area contributed by atoms with Crippen LogP contribution < -0.4 is 0 Å². The van der Waals surface area contributed by atoms with Gasteiger partial charge in [-0.3, -0.25) is 4.79 Å². The smallest absolute Gasteiger partial charge is 0.333 e. The highest BCUT2D eigenvalue weighted by molar-refractivity contribution is 5.87. The standard InChI is InChI=1S/C21H28O2.C2H4O2/c1-9(2)21(22)23-16-7-12-6-13(16)20-15-8-14(19(12)20)17-10-3-4-11(5-10)18(15)17;1-2(3)4/h10-20H,1,3-8H2,2H3;1H3,(H,3,4). The van der Waals surface area contributed by atoms with Gasteiger partial charge in [0.05, 0.1) is 0 Å². The van der Waals surface area contributed by atoms with E-state index in [2.05, 4.69) is 6.58 Å². The van der Waals surface area contributed by atoms with Crippen molar-refractivity contribution in [2.24, 2.45) is 59.2 Å². The lowest BCUT2D eigenvalue weighted by Gasteiger charge is -2.46. The molecule has 0 aliphatic heterocycles. The van der Waals surface area contributed by atoms with E-state index >= 15 is 0 Å². The lowest BCUT2D eigenvalue weighted by Crippen LogP contribution is -2.44. The van der Waals surface area contributed by atoms with Gasteiger partial charge in [-0.25, -0.2) is 4.79 Å². The average Bonchev–Trinajstić information content (AvgIpc) is 3.37. The lowest BCUT2D eigenvalue weighted by molar-refractivity contribution is -0.150. The zero-order valence-corrected chi connectivity index (χ0v) is 16.5. The molecule has 11 unspecified atom stereocenters. The van der Waals surface area contributed by atoms with E-state index in [0.29, 0.717) is 11.5 Å². The fourth-order valence-electron chi connectivity index (χ4n) is 9.11. The summed E-state index contributed by atoms with van der Waals surface area (Å²) in [5, 5.41) is 7.42. The van der Waals surface area contributed by atoms with Crippen LogP contribution in [0.4, 0.5) is 0 Å². The molecule has 0 aromatic heterocycles. The molecule has 0 aromatic rings. The topological polar surface area (TPSA) is 63.6 Å². The molecular formula is C23H32O4. The van der Waals surface area contributed by atoms with Crippen molar-refractivity contribution < 1.29 is 19.4 Å². The fourth-order valence-corrected chi connectivity index (χ4v) is 9.11. The normalized spacial score (nSPS) is 52.1. The molecule has 1 N–H and O–H groups in total. The van der Waals surface area contributed by atoms with Crippen LogP contribution in [0.25, 0.3) is 0 Å². The molecule has 4 heteroatoms. The highest BCUT2D eigenvalue weighted by Crippen LogP contribution is 2.76. The molecule has 6 bridgehead atoms. The summed E-state index contributed by atoms with van der Waals surface area (Å²) in [6.07, 6.45) is 8.87. The predicted molar refractivity (Wildman–Crippen MR) is 101 cm³/mol. The highest BCUT2D eigenvalue weighted by Gasteiger charge is 2.71. The Morgan fingerprint density at radius 3 is 1.96 bits per heavy atom. The minimum Gasteiger partial charge on any atom is -0.481 e. The van der Waals surface area contributed by atoms with E-state index in [1.165, 1.54) is 19.3 Å². The number of hydrogen-bond acceptors (Lipinski definition) is 3. The van der Waals surface area contributed by atoms with Gasteiger partial charge in [-0.2, -0.15) is 0 Å². The maximum atomic E-state index is 12.0. The predicted octanol–water partition coefficient (Wildman–Crippen LogP) is 4.15. The van der Waals surface area contributed by atoms with E-state index in [9.17, 15) is 4.79 Å². The first-order chi connectivity index (χ1) is 12.9. The van der Waals surface area contributed by atoms with Crippen molar-refractivity contribution in [3.63, 3.8) is 0 Å². The molecule has 148 valence electrons. The Bertz CT molecular complexity index is 680. The molecule has 6 fully saturated rings. The van der Waals surface area contributed by atoms with Crippen LogP contribution in [0, 0.1) is 59.2 Å². The minimum absolute atomic E-state index is 0.153. The van der Waals surface area contributed by atoms with E-state index in [-0.39, 0.29) is 12.1 Å². The molecule has 11 atom stereocenters. The summed E-state index contributed by atoms with van der Waals surface area (Å²) in [4.78, 5) is 21.0. The lowest BCUT2D eigenvalue weighted by atomic mass is 9.59. The molecule has 0 aromatic carbocycles. The molecule has 6 aliphatic rings. The molecule has 6 saturated carbocycles. The van der Waals surface area contributed by atoms with Gasteiger partial charge < -0.3 is 9.84 Å². The second-order valence-corrected chi connectivity index (χ2v) is 10.3. The van der Waals surface area contributed by atoms with Crippen LogP contribution in [-0.2, 0) is 14.3 Å². The number of carboxylic acids is 1. The van der Waals surface area contributed by atoms with Gasteiger partial charge in [0.15, 0.2) is 0 Å². The number of ether oxygens (including phenoxy) is 1. The number of hydrogen-bond donors (Lipinski definition) is 1. The molecule has 0 saturated heterocycles. The summed E-state index contributed by atoms with van der Waals surface area (Å²) in [5.74, 6) is 8.85. The molecule has 0 spiro atoms. The van der Waals surface area contributed by atoms with Gasteiger partial charge in [-0.05, 0) is 105 Å². The van der Waals surface area contributed by atoms with Crippen molar-refractivity contribution >= 4 is 11.9 Å². The Morgan fingerprint density at radius 1 is 0.815 bits per heavy atom. The molecule has 4 nitrogen and oxygen atoms in total. The largest absolute Gasteiger partial charge is 0.481 e. The van der Waals surface area contributed by atoms with Crippen molar-refractivity contribution in [1.29, 1.82) is 0 Å². The molecule has 0 radical (unpaired) electrons. The summed E-state index contributed by atoms with van der Waals surface area (Å²) in [5.41, 5.74) is 0.561. The molecule has 6 rings (SSSR count). The average molecular weight is 373 g/mol. The Labute approximate surface area is 161 Å². The summed E-state index contributed by atoms with van der Waals surface area (Å²) < 4.78 is 5.86. The Kier molecular flexibility index (Phi) is 4.00. The first-order valence-electron chi connectivity index (χ1n) is 10.9. The quantitative estimate of drug-likeness (QED) is 0.449. The van der Waals surface area contributed by atoms with Crippen LogP contribution >= 0.6 is 0 Å². The van der Waals surface area contributed by atoms with E-state index in [0.717, 1.165) is 66.6 Å². The number of rotatable bonds is 2. The van der Waals surface area contributed by atoms with E-state index in [4.69, 9.17) is 14.6 Å². The number of fused-ring (bicyclic) bond motifs is 16. The maximum Gasteiger partial charge on any atom is 0.333 e. The number of carbonyl (C=O) groups excluding carboxylic acids is 1. The Hall–Kier alpha value is -1.32. The fraction of sp³-hybridized carbons (Fsp3) is 0.826. The van der Waals surface area contributed by atoms with Gasteiger partial charge in [0, 0.05) is 12.5 Å². The molecule has 0 heterocycles. The third-order valence-corrected chi connectivity index (χ3v) is 9.25. The van der Waals surface area contributed by atoms with E-state index in [1.54, 1.807) is 19.8 Å². The van der Waals surface area contributed by atoms with Gasteiger partial charge >= 0.3 is 5.97 Å².